The van der Waals surface area contributed by atoms with Gasteiger partial charge in [0.05, 0.1) is 5.56 Å². The minimum absolute atomic E-state index is 0.225. The lowest BCUT2D eigenvalue weighted by Crippen LogP contribution is -2.40. The zero-order valence-corrected chi connectivity index (χ0v) is 11.2. The first kappa shape index (κ1) is 11.1. The van der Waals surface area contributed by atoms with Crippen molar-refractivity contribution < 1.29 is 23.6 Å². The predicted molar refractivity (Wildman–Crippen MR) is 71.0 cm³/mol. The van der Waals surface area contributed by atoms with Gasteiger partial charge in [-0.3, -0.25) is 0 Å². The molecular formula is C16H12NO4+. The number of ether oxygens (including phenoxy) is 3. The Kier molecular flexibility index (Phi) is 1.99. The highest BCUT2D eigenvalue weighted by molar-refractivity contribution is 5.93. The van der Waals surface area contributed by atoms with Crippen molar-refractivity contribution in [3.63, 3.8) is 0 Å². The molecule has 104 valence electrons. The number of benzene rings is 1. The number of esters is 1. The summed E-state index contributed by atoms with van der Waals surface area (Å²) in [7, 11) is 0. The molecule has 2 aromatic rings. The number of fused-ring (bicyclic) bond motifs is 5. The monoisotopic (exact) mass is 282 g/mol. The maximum absolute atomic E-state index is 11.7. The SMILES string of the molecule is O=C1OCc2cc3[n+](cc21)CCc1cc2c(cc1-3)OCO2. The van der Waals surface area contributed by atoms with Crippen LogP contribution < -0.4 is 14.0 Å². The fourth-order valence-corrected chi connectivity index (χ4v) is 3.25. The van der Waals surface area contributed by atoms with E-state index in [4.69, 9.17) is 14.2 Å². The summed E-state index contributed by atoms with van der Waals surface area (Å²) in [4.78, 5) is 11.7. The molecule has 3 aliphatic heterocycles. The molecule has 0 bridgehead atoms. The Morgan fingerprint density at radius 2 is 1.81 bits per heavy atom. The van der Waals surface area contributed by atoms with Gasteiger partial charge < -0.3 is 14.2 Å². The predicted octanol–water partition coefficient (Wildman–Crippen LogP) is 1.60. The van der Waals surface area contributed by atoms with E-state index in [2.05, 4.69) is 16.7 Å². The van der Waals surface area contributed by atoms with Crippen molar-refractivity contribution in [2.24, 2.45) is 0 Å². The summed E-state index contributed by atoms with van der Waals surface area (Å²) < 4.78 is 18.2. The van der Waals surface area contributed by atoms with Gasteiger partial charge in [0.25, 0.3) is 0 Å². The lowest BCUT2D eigenvalue weighted by atomic mass is 9.95. The molecule has 1 aromatic carbocycles. The average molecular weight is 282 g/mol. The number of hydrogen-bond acceptors (Lipinski definition) is 4. The van der Waals surface area contributed by atoms with Crippen LogP contribution in [0.2, 0.25) is 0 Å². The summed E-state index contributed by atoms with van der Waals surface area (Å²) in [6.45, 7) is 1.50. The number of carbonyl (C=O) groups excluding carboxylic acids is 1. The summed E-state index contributed by atoms with van der Waals surface area (Å²) in [5, 5.41) is 0. The molecular weight excluding hydrogens is 270 g/mol. The molecule has 5 nitrogen and oxygen atoms in total. The van der Waals surface area contributed by atoms with Gasteiger partial charge in [-0.1, -0.05) is 0 Å². The van der Waals surface area contributed by atoms with Gasteiger partial charge in [-0.05, 0) is 17.7 Å². The summed E-state index contributed by atoms with van der Waals surface area (Å²) in [6.07, 6.45) is 2.82. The van der Waals surface area contributed by atoms with Crippen molar-refractivity contribution in [2.45, 2.75) is 19.6 Å². The van der Waals surface area contributed by atoms with E-state index < -0.39 is 0 Å². The van der Waals surface area contributed by atoms with E-state index in [0.717, 1.165) is 41.3 Å². The molecule has 0 saturated carbocycles. The first-order chi connectivity index (χ1) is 10.3. The van der Waals surface area contributed by atoms with Crippen molar-refractivity contribution in [2.75, 3.05) is 6.79 Å². The van der Waals surface area contributed by atoms with Crippen LogP contribution in [0, 0.1) is 0 Å². The minimum atomic E-state index is -0.225. The van der Waals surface area contributed by atoms with Crippen molar-refractivity contribution in [3.05, 3.63) is 41.1 Å². The second kappa shape index (κ2) is 3.75. The molecule has 0 amide bonds. The van der Waals surface area contributed by atoms with Gasteiger partial charge in [0.2, 0.25) is 12.5 Å². The van der Waals surface area contributed by atoms with E-state index in [-0.39, 0.29) is 12.8 Å². The number of cyclic esters (lactones) is 1. The van der Waals surface area contributed by atoms with Crippen LogP contribution in [0.15, 0.2) is 24.4 Å². The number of nitrogens with zero attached hydrogens (tertiary/aromatic N) is 1. The van der Waals surface area contributed by atoms with Crippen LogP contribution in [0.3, 0.4) is 0 Å². The van der Waals surface area contributed by atoms with Crippen LogP contribution in [-0.4, -0.2) is 12.8 Å². The maximum Gasteiger partial charge on any atom is 0.344 e. The van der Waals surface area contributed by atoms with Gasteiger partial charge in [-0.2, -0.15) is 4.57 Å². The molecule has 0 spiro atoms. The zero-order chi connectivity index (χ0) is 14.0. The number of rotatable bonds is 0. The lowest BCUT2D eigenvalue weighted by molar-refractivity contribution is -0.687. The summed E-state index contributed by atoms with van der Waals surface area (Å²) in [5.74, 6) is 1.38. The molecule has 5 heteroatoms. The van der Waals surface area contributed by atoms with E-state index >= 15 is 0 Å². The lowest BCUT2D eigenvalue weighted by Gasteiger charge is -2.15. The van der Waals surface area contributed by atoms with Crippen LogP contribution in [0.5, 0.6) is 11.5 Å². The van der Waals surface area contributed by atoms with Gasteiger partial charge in [0.1, 0.15) is 12.2 Å². The Bertz CT molecular complexity index is 812. The fraction of sp³-hybridized carbons (Fsp3) is 0.250. The van der Waals surface area contributed by atoms with E-state index in [1.165, 1.54) is 5.56 Å². The van der Waals surface area contributed by atoms with Crippen LogP contribution in [-0.2, 0) is 24.3 Å². The number of carbonyl (C=O) groups is 1. The van der Waals surface area contributed by atoms with E-state index in [1.54, 1.807) is 0 Å². The standard InChI is InChI=1S/C16H12NO4/c18-16-12-6-17-2-1-9-4-14-15(21-8-20-14)5-11(9)13(17)3-10(12)7-19-16/h3-6H,1-2,7-8H2/q+1. The van der Waals surface area contributed by atoms with Crippen LogP contribution in [0.25, 0.3) is 11.3 Å². The van der Waals surface area contributed by atoms with Gasteiger partial charge >= 0.3 is 5.97 Å². The summed E-state index contributed by atoms with van der Waals surface area (Å²) in [5.41, 5.74) is 5.14. The van der Waals surface area contributed by atoms with Crippen LogP contribution in [0.1, 0.15) is 21.5 Å². The van der Waals surface area contributed by atoms with Gasteiger partial charge in [-0.25, -0.2) is 4.79 Å². The Labute approximate surface area is 120 Å². The number of pyridine rings is 1. The first-order valence-corrected chi connectivity index (χ1v) is 6.96. The summed E-state index contributed by atoms with van der Waals surface area (Å²) in [6, 6.07) is 6.16. The maximum atomic E-state index is 11.7. The number of aryl methyl sites for hydroxylation is 2. The minimum Gasteiger partial charge on any atom is -0.457 e. The molecule has 0 atom stereocenters. The third kappa shape index (κ3) is 1.46. The van der Waals surface area contributed by atoms with Crippen molar-refractivity contribution in [3.8, 4) is 22.8 Å². The Balaban J connectivity index is 1.74. The van der Waals surface area contributed by atoms with Gasteiger partial charge in [-0.15, -0.1) is 0 Å². The number of aromatic nitrogens is 1. The second-order valence-electron chi connectivity index (χ2n) is 5.48. The average Bonchev–Trinajstić information content (AvgIpc) is 3.10. The van der Waals surface area contributed by atoms with Gasteiger partial charge in [0, 0.05) is 18.1 Å². The second-order valence-corrected chi connectivity index (χ2v) is 5.48. The van der Waals surface area contributed by atoms with Crippen molar-refractivity contribution in [1.29, 1.82) is 0 Å². The van der Waals surface area contributed by atoms with Crippen molar-refractivity contribution in [1.82, 2.24) is 0 Å². The summed E-state index contributed by atoms with van der Waals surface area (Å²) >= 11 is 0. The Morgan fingerprint density at radius 3 is 2.71 bits per heavy atom. The largest absolute Gasteiger partial charge is 0.457 e. The number of hydrogen-bond donors (Lipinski definition) is 0. The Hall–Kier alpha value is -2.56. The Morgan fingerprint density at radius 1 is 0.952 bits per heavy atom. The molecule has 5 rings (SSSR count). The molecule has 0 saturated heterocycles. The molecule has 0 aliphatic carbocycles. The quantitative estimate of drug-likeness (QED) is 0.544. The third-order valence-electron chi connectivity index (χ3n) is 4.33. The molecule has 0 unspecified atom stereocenters. The first-order valence-electron chi connectivity index (χ1n) is 6.96. The third-order valence-corrected chi connectivity index (χ3v) is 4.33. The van der Waals surface area contributed by atoms with Crippen molar-refractivity contribution >= 4 is 5.97 Å². The highest BCUT2D eigenvalue weighted by atomic mass is 16.7. The molecule has 4 heterocycles. The van der Waals surface area contributed by atoms with E-state index in [9.17, 15) is 4.79 Å². The van der Waals surface area contributed by atoms with Crippen LogP contribution >= 0.6 is 0 Å². The van der Waals surface area contributed by atoms with Crippen LogP contribution in [0.4, 0.5) is 0 Å². The zero-order valence-electron chi connectivity index (χ0n) is 11.2. The normalized spacial score (nSPS) is 17.0. The van der Waals surface area contributed by atoms with Gasteiger partial charge in [0.15, 0.2) is 24.2 Å². The smallest absolute Gasteiger partial charge is 0.344 e. The molecule has 3 aliphatic rings. The fourth-order valence-electron chi connectivity index (χ4n) is 3.25. The molecule has 0 N–H and O–H groups in total. The van der Waals surface area contributed by atoms with E-state index in [1.807, 2.05) is 12.3 Å². The molecule has 1 aromatic heterocycles. The topological polar surface area (TPSA) is 48.6 Å². The molecule has 21 heavy (non-hydrogen) atoms. The highest BCUT2D eigenvalue weighted by Gasteiger charge is 2.32. The van der Waals surface area contributed by atoms with E-state index in [0.29, 0.717) is 12.2 Å². The molecule has 0 fully saturated rings. The highest BCUT2D eigenvalue weighted by Crippen LogP contribution is 2.40. The molecule has 0 radical (unpaired) electrons.